The van der Waals surface area contributed by atoms with Gasteiger partial charge in [0.05, 0.1) is 0 Å². The Labute approximate surface area is 160 Å². The molecule has 0 spiro atoms. The number of anilines is 1. The molecule has 5 rings (SSSR count). The second kappa shape index (κ2) is 5.57. The van der Waals surface area contributed by atoms with Crippen LogP contribution in [0.3, 0.4) is 0 Å². The van der Waals surface area contributed by atoms with E-state index in [2.05, 4.69) is 61.6 Å². The summed E-state index contributed by atoms with van der Waals surface area (Å²) in [4.78, 5) is 6.63. The van der Waals surface area contributed by atoms with Crippen molar-refractivity contribution in [2.45, 2.75) is 13.1 Å². The molecule has 0 unspecified atom stereocenters. The highest BCUT2D eigenvalue weighted by atomic mass is 28.3. The molecule has 0 radical (unpaired) electrons. The van der Waals surface area contributed by atoms with E-state index in [1.807, 2.05) is 31.1 Å². The van der Waals surface area contributed by atoms with Crippen LogP contribution in [0.25, 0.3) is 33.4 Å². The predicted molar refractivity (Wildman–Crippen MR) is 116 cm³/mol. The first-order chi connectivity index (χ1) is 13.0. The van der Waals surface area contributed by atoms with Crippen molar-refractivity contribution >= 4 is 35.6 Å². The van der Waals surface area contributed by atoms with E-state index < -0.39 is 8.07 Å². The molecule has 134 valence electrons. The topological polar surface area (TPSA) is 29.3 Å². The maximum Gasteiger partial charge on any atom is 0.297 e. The van der Waals surface area contributed by atoms with Gasteiger partial charge in [-0.05, 0) is 33.1 Å². The van der Waals surface area contributed by atoms with Crippen molar-refractivity contribution in [3.63, 3.8) is 0 Å². The molecule has 0 saturated carbocycles. The molecule has 3 nitrogen and oxygen atoms in total. The molecule has 0 bridgehead atoms. The fourth-order valence-electron chi connectivity index (χ4n) is 4.23. The molecule has 0 N–H and O–H groups in total. The van der Waals surface area contributed by atoms with Crippen LogP contribution < -0.4 is 15.3 Å². The van der Waals surface area contributed by atoms with E-state index in [0.29, 0.717) is 6.01 Å². The number of fused-ring (bicyclic) bond motifs is 4. The summed E-state index contributed by atoms with van der Waals surface area (Å²) >= 11 is 0. The highest BCUT2D eigenvalue weighted by molar-refractivity contribution is 7.03. The summed E-state index contributed by atoms with van der Waals surface area (Å²) in [5.41, 5.74) is 6.91. The molecule has 0 aliphatic carbocycles. The number of benzene rings is 3. The van der Waals surface area contributed by atoms with Gasteiger partial charge in [-0.1, -0.05) is 67.7 Å². The van der Waals surface area contributed by atoms with Crippen molar-refractivity contribution in [3.8, 4) is 22.3 Å². The molecule has 3 aromatic carbocycles. The number of aromatic nitrogens is 1. The SMILES string of the molecule is CN(C)c1nc2c(-c3ccc4c(c3)[Si](C)(C)c3ccccc3-4)cccc2o1. The summed E-state index contributed by atoms with van der Waals surface area (Å²) in [6.45, 7) is 4.89. The zero-order chi connectivity index (χ0) is 18.8. The van der Waals surface area contributed by atoms with Crippen molar-refractivity contribution < 1.29 is 4.42 Å². The van der Waals surface area contributed by atoms with Gasteiger partial charge in [-0.15, -0.1) is 0 Å². The van der Waals surface area contributed by atoms with E-state index in [1.54, 1.807) is 0 Å². The van der Waals surface area contributed by atoms with Crippen molar-refractivity contribution in [2.24, 2.45) is 0 Å². The number of oxazole rings is 1. The number of rotatable bonds is 2. The van der Waals surface area contributed by atoms with Crippen LogP contribution in [0.1, 0.15) is 0 Å². The number of nitrogens with zero attached hydrogens (tertiary/aromatic N) is 2. The highest BCUT2D eigenvalue weighted by Gasteiger charge is 2.37. The molecule has 0 saturated heterocycles. The average Bonchev–Trinajstić information content (AvgIpc) is 3.20. The van der Waals surface area contributed by atoms with Gasteiger partial charge >= 0.3 is 0 Å². The van der Waals surface area contributed by atoms with E-state index in [4.69, 9.17) is 9.40 Å². The molecule has 0 atom stereocenters. The summed E-state index contributed by atoms with van der Waals surface area (Å²) in [7, 11) is 2.22. The van der Waals surface area contributed by atoms with Crippen LogP contribution in [0.5, 0.6) is 0 Å². The molecular weight excluding hydrogens is 348 g/mol. The molecular formula is C23H22N2OSi. The standard InChI is InChI=1S/C23H22N2OSi/c1-25(2)23-24-22-16(9-7-10-19(22)26-23)15-12-13-18-17-8-5-6-11-20(17)27(3,4)21(18)14-15/h5-14H,1-4H3. The lowest BCUT2D eigenvalue weighted by Crippen LogP contribution is -2.49. The number of hydrogen-bond acceptors (Lipinski definition) is 3. The normalized spacial score (nSPS) is 14.2. The van der Waals surface area contributed by atoms with Crippen molar-refractivity contribution in [1.29, 1.82) is 0 Å². The lowest BCUT2D eigenvalue weighted by Gasteiger charge is -2.19. The first kappa shape index (κ1) is 16.3. The fraction of sp³-hybridized carbons (Fsp3) is 0.174. The first-order valence-corrected chi connectivity index (χ1v) is 12.3. The quantitative estimate of drug-likeness (QED) is 0.491. The van der Waals surface area contributed by atoms with Gasteiger partial charge < -0.3 is 9.32 Å². The van der Waals surface area contributed by atoms with E-state index >= 15 is 0 Å². The maximum absolute atomic E-state index is 5.90. The Morgan fingerprint density at radius 3 is 2.37 bits per heavy atom. The average molecular weight is 371 g/mol. The van der Waals surface area contributed by atoms with Gasteiger partial charge in [0.1, 0.15) is 13.6 Å². The minimum absolute atomic E-state index is 0.640. The zero-order valence-electron chi connectivity index (χ0n) is 16.1. The van der Waals surface area contributed by atoms with E-state index in [0.717, 1.165) is 16.7 Å². The number of para-hydroxylation sites is 1. The van der Waals surface area contributed by atoms with Crippen LogP contribution in [0.15, 0.2) is 65.1 Å². The third-order valence-electron chi connectivity index (χ3n) is 5.68. The lowest BCUT2D eigenvalue weighted by molar-refractivity contribution is 0.597. The molecule has 1 aliphatic heterocycles. The molecule has 1 aromatic heterocycles. The summed E-state index contributed by atoms with van der Waals surface area (Å²) in [5.74, 6) is 0. The molecule has 4 heteroatoms. The van der Waals surface area contributed by atoms with E-state index in [1.165, 1.54) is 27.1 Å². The van der Waals surface area contributed by atoms with Gasteiger partial charge in [0, 0.05) is 19.7 Å². The van der Waals surface area contributed by atoms with Crippen molar-refractivity contribution in [3.05, 3.63) is 60.7 Å². The fourth-order valence-corrected chi connectivity index (χ4v) is 7.33. The monoisotopic (exact) mass is 370 g/mol. The summed E-state index contributed by atoms with van der Waals surface area (Å²) in [6.07, 6.45) is 0. The zero-order valence-corrected chi connectivity index (χ0v) is 17.1. The van der Waals surface area contributed by atoms with E-state index in [9.17, 15) is 0 Å². The Balaban J connectivity index is 1.72. The summed E-state index contributed by atoms with van der Waals surface area (Å²) < 4.78 is 5.90. The van der Waals surface area contributed by atoms with Crippen molar-refractivity contribution in [2.75, 3.05) is 19.0 Å². The van der Waals surface area contributed by atoms with Crippen LogP contribution in [0.2, 0.25) is 13.1 Å². The van der Waals surface area contributed by atoms with Gasteiger partial charge in [-0.2, -0.15) is 4.98 Å². The lowest BCUT2D eigenvalue weighted by atomic mass is 10.00. The van der Waals surface area contributed by atoms with Crippen LogP contribution in [0, 0.1) is 0 Å². The van der Waals surface area contributed by atoms with Crippen LogP contribution in [-0.2, 0) is 0 Å². The van der Waals surface area contributed by atoms with Gasteiger partial charge in [0.15, 0.2) is 5.58 Å². The Bertz CT molecular complexity index is 1190. The smallest absolute Gasteiger partial charge is 0.297 e. The minimum Gasteiger partial charge on any atom is -0.423 e. The molecule has 0 fully saturated rings. The Morgan fingerprint density at radius 1 is 0.815 bits per heavy atom. The Morgan fingerprint density at radius 2 is 1.56 bits per heavy atom. The Kier molecular flexibility index (Phi) is 3.37. The molecule has 2 heterocycles. The predicted octanol–water partition coefficient (Wildman–Crippen LogP) is 4.36. The van der Waals surface area contributed by atoms with Crippen molar-refractivity contribution in [1.82, 2.24) is 4.98 Å². The second-order valence-corrected chi connectivity index (χ2v) is 12.3. The van der Waals surface area contributed by atoms with Crippen LogP contribution >= 0.6 is 0 Å². The van der Waals surface area contributed by atoms with Gasteiger partial charge in [-0.25, -0.2) is 0 Å². The largest absolute Gasteiger partial charge is 0.423 e. The van der Waals surface area contributed by atoms with Gasteiger partial charge in [-0.3, -0.25) is 0 Å². The molecule has 0 amide bonds. The highest BCUT2D eigenvalue weighted by Crippen LogP contribution is 2.34. The van der Waals surface area contributed by atoms with Gasteiger partial charge in [0.25, 0.3) is 6.01 Å². The third-order valence-corrected chi connectivity index (χ3v) is 9.23. The summed E-state index contributed by atoms with van der Waals surface area (Å²) in [6, 6.07) is 22.6. The minimum atomic E-state index is -1.68. The number of hydrogen-bond donors (Lipinski definition) is 0. The molecule has 1 aliphatic rings. The van der Waals surface area contributed by atoms with E-state index in [-0.39, 0.29) is 0 Å². The molecule has 4 aromatic rings. The van der Waals surface area contributed by atoms with Crippen LogP contribution in [0.4, 0.5) is 6.01 Å². The molecule has 27 heavy (non-hydrogen) atoms. The maximum atomic E-state index is 5.90. The summed E-state index contributed by atoms with van der Waals surface area (Å²) in [5, 5.41) is 3.04. The first-order valence-electron chi connectivity index (χ1n) is 9.28. The van der Waals surface area contributed by atoms with Gasteiger partial charge in [0.2, 0.25) is 0 Å². The van der Waals surface area contributed by atoms with Crippen LogP contribution in [-0.4, -0.2) is 27.2 Å². The second-order valence-electron chi connectivity index (χ2n) is 7.97. The third kappa shape index (κ3) is 2.30. The Hall–Kier alpha value is -2.85.